The first-order chi connectivity index (χ1) is 9.74. The van der Waals surface area contributed by atoms with Crippen LogP contribution in [0, 0.1) is 6.92 Å². The molecule has 1 nitrogen and oxygen atoms in total. The predicted octanol–water partition coefficient (Wildman–Crippen LogP) is 5.10. The van der Waals surface area contributed by atoms with Gasteiger partial charge < -0.3 is 0 Å². The molecule has 0 amide bonds. The van der Waals surface area contributed by atoms with Crippen molar-refractivity contribution in [2.45, 2.75) is 13.8 Å². The molecule has 1 aromatic heterocycles. The fourth-order valence-electron chi connectivity index (χ4n) is 2.34. The van der Waals surface area contributed by atoms with E-state index in [-0.39, 0.29) is 0 Å². The molecule has 0 radical (unpaired) electrons. The van der Waals surface area contributed by atoms with Crippen molar-refractivity contribution >= 4 is 22.6 Å². The molecule has 0 aliphatic heterocycles. The molecular weight excluding hydrogens is 242 g/mol. The molecule has 0 saturated carbocycles. The average Bonchev–Trinajstić information content (AvgIpc) is 2.49. The third kappa shape index (κ3) is 2.48. The van der Waals surface area contributed by atoms with Crippen LogP contribution in [-0.4, -0.2) is 4.98 Å². The lowest BCUT2D eigenvalue weighted by Gasteiger charge is -2.05. The van der Waals surface area contributed by atoms with Crippen LogP contribution in [0.5, 0.6) is 0 Å². The number of aryl methyl sites for hydroxylation is 1. The largest absolute Gasteiger partial charge is 0.248 e. The summed E-state index contributed by atoms with van der Waals surface area (Å²) in [4.78, 5) is 4.73. The summed E-state index contributed by atoms with van der Waals surface area (Å²) in [6.07, 6.45) is 2.20. The summed E-state index contributed by atoms with van der Waals surface area (Å²) in [5.74, 6) is 0. The Morgan fingerprint density at radius 3 is 2.50 bits per heavy atom. The Balaban J connectivity index is 2.04. The van der Waals surface area contributed by atoms with Crippen molar-refractivity contribution in [1.29, 1.82) is 0 Å². The molecule has 98 valence electrons. The Labute approximate surface area is 119 Å². The summed E-state index contributed by atoms with van der Waals surface area (Å²) in [5.41, 5.74) is 5.80. The zero-order chi connectivity index (χ0) is 13.9. The average molecular weight is 259 g/mol. The second-order valence-corrected chi connectivity index (χ2v) is 5.07. The molecule has 0 bridgehead atoms. The molecule has 0 atom stereocenters. The van der Waals surface area contributed by atoms with Gasteiger partial charge in [0.2, 0.25) is 0 Å². The number of rotatable bonds is 2. The summed E-state index contributed by atoms with van der Waals surface area (Å²) < 4.78 is 0. The number of pyridine rings is 1. The van der Waals surface area contributed by atoms with Gasteiger partial charge in [-0.3, -0.25) is 0 Å². The first kappa shape index (κ1) is 12.6. The molecule has 0 N–H and O–H groups in total. The van der Waals surface area contributed by atoms with E-state index in [1.54, 1.807) is 0 Å². The van der Waals surface area contributed by atoms with Crippen LogP contribution in [0.4, 0.5) is 0 Å². The maximum absolute atomic E-state index is 4.73. The minimum atomic E-state index is 1.03. The number of hydrogen-bond donors (Lipinski definition) is 0. The van der Waals surface area contributed by atoms with E-state index in [0.717, 1.165) is 11.2 Å². The Bertz CT molecular complexity index is 784. The second-order valence-electron chi connectivity index (χ2n) is 5.07. The van der Waals surface area contributed by atoms with Crippen LogP contribution >= 0.6 is 0 Å². The van der Waals surface area contributed by atoms with Gasteiger partial charge in [-0.05, 0) is 48.8 Å². The topological polar surface area (TPSA) is 12.9 Å². The molecule has 3 rings (SSSR count). The van der Waals surface area contributed by atoms with Gasteiger partial charge in [-0.25, -0.2) is 4.98 Å². The summed E-state index contributed by atoms with van der Waals surface area (Å²) in [7, 11) is 0. The van der Waals surface area contributed by atoms with Gasteiger partial charge in [0.15, 0.2) is 0 Å². The second kappa shape index (κ2) is 5.30. The normalized spacial score (nSPS) is 11.8. The summed E-state index contributed by atoms with van der Waals surface area (Å²) >= 11 is 0. The number of hydrogen-bond acceptors (Lipinski definition) is 1. The highest BCUT2D eigenvalue weighted by molar-refractivity contribution is 5.84. The van der Waals surface area contributed by atoms with E-state index in [0.29, 0.717) is 0 Å². The first-order valence-electron chi connectivity index (χ1n) is 6.84. The summed E-state index contributed by atoms with van der Waals surface area (Å²) in [6, 6.07) is 20.8. The van der Waals surface area contributed by atoms with Gasteiger partial charge in [0, 0.05) is 5.39 Å². The molecule has 0 aliphatic rings. The number of benzene rings is 2. The van der Waals surface area contributed by atoms with E-state index in [1.807, 2.05) is 12.1 Å². The number of fused-ring (bicyclic) bond motifs is 1. The summed E-state index contributed by atoms with van der Waals surface area (Å²) in [6.45, 7) is 4.25. The number of allylic oxidation sites excluding steroid dienone is 1. The quantitative estimate of drug-likeness (QED) is 0.623. The molecule has 2 aromatic carbocycles. The monoisotopic (exact) mass is 259 g/mol. The van der Waals surface area contributed by atoms with Gasteiger partial charge >= 0.3 is 0 Å². The minimum Gasteiger partial charge on any atom is -0.248 e. The maximum Gasteiger partial charge on any atom is 0.0709 e. The number of para-hydroxylation sites is 1. The molecule has 0 unspecified atom stereocenters. The third-order valence-corrected chi connectivity index (χ3v) is 3.56. The fraction of sp³-hybridized carbons (Fsp3) is 0.105. The SMILES string of the molecule is CC(=Cc1ccccc1C)c1ccc2ccccc2n1. The van der Waals surface area contributed by atoms with E-state index in [2.05, 4.69) is 68.5 Å². The third-order valence-electron chi connectivity index (χ3n) is 3.56. The Hall–Kier alpha value is -2.41. The molecule has 0 aliphatic carbocycles. The Morgan fingerprint density at radius 2 is 1.65 bits per heavy atom. The van der Waals surface area contributed by atoms with Crippen LogP contribution in [0.15, 0.2) is 60.7 Å². The van der Waals surface area contributed by atoms with Crippen molar-refractivity contribution in [3.05, 3.63) is 77.5 Å². The zero-order valence-electron chi connectivity index (χ0n) is 11.8. The van der Waals surface area contributed by atoms with Crippen LogP contribution in [0.2, 0.25) is 0 Å². The number of nitrogens with zero attached hydrogens (tertiary/aromatic N) is 1. The molecule has 1 heterocycles. The van der Waals surface area contributed by atoms with Gasteiger partial charge in [0.1, 0.15) is 0 Å². The molecule has 20 heavy (non-hydrogen) atoms. The van der Waals surface area contributed by atoms with E-state index in [1.165, 1.54) is 22.1 Å². The van der Waals surface area contributed by atoms with Crippen LogP contribution in [0.1, 0.15) is 23.7 Å². The van der Waals surface area contributed by atoms with Crippen molar-refractivity contribution in [3.8, 4) is 0 Å². The van der Waals surface area contributed by atoms with Crippen LogP contribution in [0.25, 0.3) is 22.6 Å². The summed E-state index contributed by atoms with van der Waals surface area (Å²) in [5, 5.41) is 1.18. The molecule has 3 aromatic rings. The Kier molecular flexibility index (Phi) is 3.34. The van der Waals surface area contributed by atoms with E-state index < -0.39 is 0 Å². The van der Waals surface area contributed by atoms with E-state index in [4.69, 9.17) is 4.98 Å². The van der Waals surface area contributed by atoms with Crippen molar-refractivity contribution in [3.63, 3.8) is 0 Å². The highest BCUT2D eigenvalue weighted by Crippen LogP contribution is 2.20. The van der Waals surface area contributed by atoms with Crippen LogP contribution in [0.3, 0.4) is 0 Å². The lowest BCUT2D eigenvalue weighted by Crippen LogP contribution is -1.88. The standard InChI is InChI=1S/C19H17N/c1-14-7-3-4-9-17(14)13-15(2)18-12-11-16-8-5-6-10-19(16)20-18/h3-13H,1-2H3. The highest BCUT2D eigenvalue weighted by Gasteiger charge is 2.01. The van der Waals surface area contributed by atoms with E-state index in [9.17, 15) is 0 Å². The molecule has 1 heteroatoms. The Morgan fingerprint density at radius 1 is 0.900 bits per heavy atom. The van der Waals surface area contributed by atoms with Crippen molar-refractivity contribution in [2.75, 3.05) is 0 Å². The highest BCUT2D eigenvalue weighted by atomic mass is 14.7. The van der Waals surface area contributed by atoms with Gasteiger partial charge in [-0.2, -0.15) is 0 Å². The molecule has 0 saturated heterocycles. The van der Waals surface area contributed by atoms with E-state index >= 15 is 0 Å². The van der Waals surface area contributed by atoms with Crippen LogP contribution < -0.4 is 0 Å². The minimum absolute atomic E-state index is 1.03. The van der Waals surface area contributed by atoms with Gasteiger partial charge in [0.05, 0.1) is 11.2 Å². The lowest BCUT2D eigenvalue weighted by atomic mass is 10.0. The van der Waals surface area contributed by atoms with Crippen LogP contribution in [-0.2, 0) is 0 Å². The molecular formula is C19H17N. The van der Waals surface area contributed by atoms with Gasteiger partial charge in [-0.1, -0.05) is 48.5 Å². The predicted molar refractivity (Wildman–Crippen MR) is 86.5 cm³/mol. The van der Waals surface area contributed by atoms with Gasteiger partial charge in [0.25, 0.3) is 0 Å². The van der Waals surface area contributed by atoms with Gasteiger partial charge in [-0.15, -0.1) is 0 Å². The molecule has 0 fully saturated rings. The van der Waals surface area contributed by atoms with Crippen molar-refractivity contribution < 1.29 is 0 Å². The lowest BCUT2D eigenvalue weighted by molar-refractivity contribution is 1.33. The fourth-order valence-corrected chi connectivity index (χ4v) is 2.34. The van der Waals surface area contributed by atoms with Crippen molar-refractivity contribution in [1.82, 2.24) is 4.98 Å². The zero-order valence-corrected chi connectivity index (χ0v) is 11.8. The molecule has 0 spiro atoms. The van der Waals surface area contributed by atoms with Crippen molar-refractivity contribution in [2.24, 2.45) is 0 Å². The number of aromatic nitrogens is 1. The first-order valence-corrected chi connectivity index (χ1v) is 6.84. The maximum atomic E-state index is 4.73. The smallest absolute Gasteiger partial charge is 0.0709 e.